The second-order valence-corrected chi connectivity index (χ2v) is 4.55. The molecule has 0 aromatic carbocycles. The second-order valence-electron chi connectivity index (χ2n) is 4.55. The van der Waals surface area contributed by atoms with Gasteiger partial charge in [0, 0.05) is 6.42 Å². The first-order chi connectivity index (χ1) is 5.74. The van der Waals surface area contributed by atoms with Crippen LogP contribution in [0.1, 0.15) is 38.5 Å². The van der Waals surface area contributed by atoms with Crippen molar-refractivity contribution in [3.8, 4) is 0 Å². The Kier molecular flexibility index (Phi) is 2.07. The lowest BCUT2D eigenvalue weighted by Gasteiger charge is -2.26. The molecule has 2 fully saturated rings. The first kappa shape index (κ1) is 8.09. The third-order valence-corrected chi connectivity index (χ3v) is 3.47. The Morgan fingerprint density at radius 2 is 1.75 bits per heavy atom. The van der Waals surface area contributed by atoms with Crippen LogP contribution in [0.15, 0.2) is 0 Å². The molecule has 1 amide bonds. The van der Waals surface area contributed by atoms with Gasteiger partial charge in [-0.05, 0) is 37.0 Å². The lowest BCUT2D eigenvalue weighted by molar-refractivity contribution is -0.119. The van der Waals surface area contributed by atoms with Crippen LogP contribution in [0.5, 0.6) is 0 Å². The first-order valence-electron chi connectivity index (χ1n) is 5.02. The lowest BCUT2D eigenvalue weighted by atomic mass is 9.79. The minimum atomic E-state index is -0.110. The number of nitrogens with two attached hydrogens (primary N) is 1. The molecule has 2 heteroatoms. The molecule has 2 N–H and O–H groups in total. The van der Waals surface area contributed by atoms with E-state index >= 15 is 0 Å². The molecule has 0 radical (unpaired) electrons. The number of hydrogen-bond donors (Lipinski definition) is 1. The van der Waals surface area contributed by atoms with Crippen LogP contribution in [-0.4, -0.2) is 5.91 Å². The van der Waals surface area contributed by atoms with E-state index < -0.39 is 0 Å². The molecule has 12 heavy (non-hydrogen) atoms. The Labute approximate surface area is 73.5 Å². The molecule has 0 aromatic rings. The Morgan fingerprint density at radius 1 is 1.17 bits per heavy atom. The first-order valence-corrected chi connectivity index (χ1v) is 5.02. The molecule has 0 aliphatic heterocycles. The predicted octanol–water partition coefficient (Wildman–Crippen LogP) is 1.69. The van der Waals surface area contributed by atoms with E-state index in [1.807, 2.05) is 0 Å². The molecule has 0 saturated heterocycles. The van der Waals surface area contributed by atoms with Crippen LogP contribution in [0, 0.1) is 17.8 Å². The molecule has 2 saturated carbocycles. The van der Waals surface area contributed by atoms with E-state index in [4.69, 9.17) is 5.73 Å². The summed E-state index contributed by atoms with van der Waals surface area (Å²) in [5.41, 5.74) is 5.20. The van der Waals surface area contributed by atoms with Crippen LogP contribution in [0.25, 0.3) is 0 Å². The van der Waals surface area contributed by atoms with Gasteiger partial charge in [-0.1, -0.05) is 12.8 Å². The largest absolute Gasteiger partial charge is 0.370 e. The molecule has 68 valence electrons. The minimum Gasteiger partial charge on any atom is -0.370 e. The molecule has 2 nitrogen and oxygen atoms in total. The summed E-state index contributed by atoms with van der Waals surface area (Å²) in [6.45, 7) is 0. The number of fused-ring (bicyclic) bond motifs is 2. The number of amides is 1. The molecule has 2 unspecified atom stereocenters. The fraction of sp³-hybridized carbons (Fsp3) is 0.900. The molecule has 0 aromatic heterocycles. The average Bonchev–Trinajstić information content (AvgIpc) is 2.29. The summed E-state index contributed by atoms with van der Waals surface area (Å²) in [6, 6.07) is 0. The van der Waals surface area contributed by atoms with E-state index in [-0.39, 0.29) is 5.91 Å². The maximum absolute atomic E-state index is 10.7. The van der Waals surface area contributed by atoms with Gasteiger partial charge in [-0.3, -0.25) is 4.79 Å². The highest BCUT2D eigenvalue weighted by atomic mass is 16.1. The maximum atomic E-state index is 10.7. The SMILES string of the molecule is NC(=O)CC1CC2CCC(C2)C1. The third-order valence-electron chi connectivity index (χ3n) is 3.47. The van der Waals surface area contributed by atoms with Crippen molar-refractivity contribution in [2.45, 2.75) is 38.5 Å². The monoisotopic (exact) mass is 167 g/mol. The minimum absolute atomic E-state index is 0.110. The fourth-order valence-electron chi connectivity index (χ4n) is 3.10. The third kappa shape index (κ3) is 1.62. The van der Waals surface area contributed by atoms with Crippen LogP contribution < -0.4 is 5.73 Å². The van der Waals surface area contributed by atoms with E-state index in [1.165, 1.54) is 32.1 Å². The van der Waals surface area contributed by atoms with Crippen molar-refractivity contribution >= 4 is 5.91 Å². The van der Waals surface area contributed by atoms with Crippen LogP contribution in [0.4, 0.5) is 0 Å². The summed E-state index contributed by atoms with van der Waals surface area (Å²) in [4.78, 5) is 10.7. The van der Waals surface area contributed by atoms with Crippen molar-refractivity contribution in [3.05, 3.63) is 0 Å². The van der Waals surface area contributed by atoms with Crippen molar-refractivity contribution in [2.75, 3.05) is 0 Å². The molecule has 0 heterocycles. The summed E-state index contributed by atoms with van der Waals surface area (Å²) in [6.07, 6.45) is 7.39. The molecule has 2 rings (SSSR count). The highest BCUT2D eigenvalue weighted by molar-refractivity contribution is 5.74. The summed E-state index contributed by atoms with van der Waals surface area (Å²) in [7, 11) is 0. The van der Waals surface area contributed by atoms with Crippen molar-refractivity contribution in [1.29, 1.82) is 0 Å². The van der Waals surface area contributed by atoms with E-state index in [0.29, 0.717) is 12.3 Å². The number of carbonyl (C=O) groups excluding carboxylic acids is 1. The Morgan fingerprint density at radius 3 is 2.25 bits per heavy atom. The van der Waals surface area contributed by atoms with Crippen molar-refractivity contribution in [2.24, 2.45) is 23.5 Å². The van der Waals surface area contributed by atoms with Crippen LogP contribution in [-0.2, 0) is 4.79 Å². The van der Waals surface area contributed by atoms with Gasteiger partial charge in [-0.25, -0.2) is 0 Å². The molecule has 2 aliphatic carbocycles. The zero-order valence-electron chi connectivity index (χ0n) is 7.46. The Hall–Kier alpha value is -0.530. The zero-order valence-corrected chi connectivity index (χ0v) is 7.46. The standard InChI is InChI=1S/C10H17NO/c11-10(12)6-9-4-7-1-2-8(3-7)5-9/h7-9H,1-6H2,(H2,11,12). The van der Waals surface area contributed by atoms with Crippen molar-refractivity contribution in [3.63, 3.8) is 0 Å². The smallest absolute Gasteiger partial charge is 0.217 e. The molecule has 2 bridgehead atoms. The van der Waals surface area contributed by atoms with Crippen LogP contribution in [0.2, 0.25) is 0 Å². The van der Waals surface area contributed by atoms with Gasteiger partial charge in [0.05, 0.1) is 0 Å². The molecule has 2 aliphatic rings. The zero-order chi connectivity index (χ0) is 8.55. The molecular formula is C10H17NO. The van der Waals surface area contributed by atoms with E-state index in [0.717, 1.165) is 11.8 Å². The number of carbonyl (C=O) groups is 1. The van der Waals surface area contributed by atoms with Gasteiger partial charge in [0.1, 0.15) is 0 Å². The molecule has 0 spiro atoms. The van der Waals surface area contributed by atoms with Gasteiger partial charge >= 0.3 is 0 Å². The van der Waals surface area contributed by atoms with E-state index in [2.05, 4.69) is 0 Å². The van der Waals surface area contributed by atoms with Crippen LogP contribution >= 0.6 is 0 Å². The second kappa shape index (κ2) is 3.08. The maximum Gasteiger partial charge on any atom is 0.217 e. The average molecular weight is 167 g/mol. The van der Waals surface area contributed by atoms with Gasteiger partial charge in [-0.2, -0.15) is 0 Å². The molecule has 2 atom stereocenters. The lowest BCUT2D eigenvalue weighted by Crippen LogP contribution is -2.22. The highest BCUT2D eigenvalue weighted by Gasteiger charge is 2.34. The normalized spacial score (nSPS) is 39.8. The summed E-state index contributed by atoms with van der Waals surface area (Å²) < 4.78 is 0. The quantitative estimate of drug-likeness (QED) is 0.668. The van der Waals surface area contributed by atoms with Gasteiger partial charge in [0.2, 0.25) is 5.91 Å². The van der Waals surface area contributed by atoms with Crippen molar-refractivity contribution < 1.29 is 4.79 Å². The summed E-state index contributed by atoms with van der Waals surface area (Å²) >= 11 is 0. The Bertz CT molecular complexity index is 178. The number of primary amides is 1. The number of rotatable bonds is 2. The Balaban J connectivity index is 1.89. The van der Waals surface area contributed by atoms with Gasteiger partial charge in [0.25, 0.3) is 0 Å². The molecular weight excluding hydrogens is 150 g/mol. The predicted molar refractivity (Wildman–Crippen MR) is 47.4 cm³/mol. The fourth-order valence-corrected chi connectivity index (χ4v) is 3.10. The number of hydrogen-bond acceptors (Lipinski definition) is 1. The highest BCUT2D eigenvalue weighted by Crippen LogP contribution is 2.45. The van der Waals surface area contributed by atoms with Crippen molar-refractivity contribution in [1.82, 2.24) is 0 Å². The van der Waals surface area contributed by atoms with E-state index in [1.54, 1.807) is 0 Å². The van der Waals surface area contributed by atoms with E-state index in [9.17, 15) is 4.79 Å². The van der Waals surface area contributed by atoms with Gasteiger partial charge in [-0.15, -0.1) is 0 Å². The van der Waals surface area contributed by atoms with Crippen LogP contribution in [0.3, 0.4) is 0 Å². The summed E-state index contributed by atoms with van der Waals surface area (Å²) in [5, 5.41) is 0. The van der Waals surface area contributed by atoms with Gasteiger partial charge < -0.3 is 5.73 Å². The summed E-state index contributed by atoms with van der Waals surface area (Å²) in [5.74, 6) is 2.36. The topological polar surface area (TPSA) is 43.1 Å². The van der Waals surface area contributed by atoms with Gasteiger partial charge in [0.15, 0.2) is 0 Å².